The molecule has 1 N–H and O–H groups in total. The second-order valence-corrected chi connectivity index (χ2v) is 7.96. The summed E-state index contributed by atoms with van der Waals surface area (Å²) in [4.78, 5) is 20.1. The van der Waals surface area contributed by atoms with Crippen LogP contribution in [0.2, 0.25) is 0 Å². The smallest absolute Gasteiger partial charge is 0.181 e. The number of hydrogen-bond acceptors (Lipinski definition) is 7. The number of aromatic nitrogens is 3. The van der Waals surface area contributed by atoms with Crippen LogP contribution in [0.15, 0.2) is 72.0 Å². The number of pyridine rings is 1. The molecule has 0 bridgehead atoms. The highest BCUT2D eigenvalue weighted by atomic mass is 35.5. The van der Waals surface area contributed by atoms with Gasteiger partial charge in [-0.25, -0.2) is 9.97 Å². The number of nitrogens with one attached hydrogen (secondary N) is 1. The average molecular weight is 491 g/mol. The molecule has 0 saturated carbocycles. The molecule has 0 amide bonds. The zero-order valence-electron chi connectivity index (χ0n) is 19.0. The molecule has 2 aromatic carbocycles. The Bertz CT molecular complexity index is 1400. The third-order valence-electron chi connectivity index (χ3n) is 5.06. The van der Waals surface area contributed by atoms with E-state index in [1.54, 1.807) is 30.1 Å². The topological polar surface area (TPSA) is 87.5 Å². The SMILES string of the molecule is C#Cc1cccc(Nc2ncnc3cc(OCC(Cl)n4ccc(=O)cc4)c(OCCOC)cc23)c1. The van der Waals surface area contributed by atoms with Crippen molar-refractivity contribution in [3.05, 3.63) is 83.0 Å². The van der Waals surface area contributed by atoms with Gasteiger partial charge in [0.25, 0.3) is 0 Å². The predicted molar refractivity (Wildman–Crippen MR) is 136 cm³/mol. The third kappa shape index (κ3) is 6.09. The second-order valence-electron chi connectivity index (χ2n) is 7.46. The highest BCUT2D eigenvalue weighted by molar-refractivity contribution is 6.19. The molecule has 0 fully saturated rings. The normalized spacial score (nSPS) is 11.6. The van der Waals surface area contributed by atoms with Crippen LogP contribution in [0.1, 0.15) is 11.1 Å². The van der Waals surface area contributed by atoms with Crippen LogP contribution < -0.4 is 20.2 Å². The Labute approximate surface area is 207 Å². The molecule has 35 heavy (non-hydrogen) atoms. The summed E-state index contributed by atoms with van der Waals surface area (Å²) in [6.45, 7) is 0.858. The first-order valence-electron chi connectivity index (χ1n) is 10.8. The van der Waals surface area contributed by atoms with Gasteiger partial charge < -0.3 is 24.1 Å². The van der Waals surface area contributed by atoms with Crippen molar-refractivity contribution < 1.29 is 14.2 Å². The third-order valence-corrected chi connectivity index (χ3v) is 5.41. The maximum atomic E-state index is 11.4. The molecule has 2 heterocycles. The monoisotopic (exact) mass is 490 g/mol. The van der Waals surface area contributed by atoms with Crippen molar-refractivity contribution in [2.45, 2.75) is 5.50 Å². The zero-order valence-corrected chi connectivity index (χ0v) is 19.7. The summed E-state index contributed by atoms with van der Waals surface area (Å²) in [5.74, 6) is 4.18. The van der Waals surface area contributed by atoms with Crippen LogP contribution in [-0.2, 0) is 4.74 Å². The van der Waals surface area contributed by atoms with E-state index in [0.29, 0.717) is 36.0 Å². The zero-order chi connectivity index (χ0) is 24.6. The summed E-state index contributed by atoms with van der Waals surface area (Å²) in [5.41, 5.74) is 1.58. The fraction of sp³-hybridized carbons (Fsp3) is 0.192. The molecule has 0 aliphatic heterocycles. The summed E-state index contributed by atoms with van der Waals surface area (Å²) in [6, 6.07) is 14.0. The van der Waals surface area contributed by atoms with Gasteiger partial charge in [0.2, 0.25) is 0 Å². The number of hydrogen-bond donors (Lipinski definition) is 1. The van der Waals surface area contributed by atoms with E-state index in [2.05, 4.69) is 21.2 Å². The number of fused-ring (bicyclic) bond motifs is 1. The molecule has 1 unspecified atom stereocenters. The fourth-order valence-corrected chi connectivity index (χ4v) is 3.50. The molecular formula is C26H23ClN4O4. The predicted octanol–water partition coefficient (Wildman–Crippen LogP) is 4.36. The van der Waals surface area contributed by atoms with Gasteiger partial charge in [-0.3, -0.25) is 4.79 Å². The number of alkyl halides is 1. The molecule has 2 aromatic heterocycles. The largest absolute Gasteiger partial charge is 0.487 e. The van der Waals surface area contributed by atoms with E-state index in [1.165, 1.54) is 18.5 Å². The lowest BCUT2D eigenvalue weighted by molar-refractivity contribution is 0.143. The molecule has 4 rings (SSSR count). The number of halogens is 1. The molecule has 0 saturated heterocycles. The molecule has 0 radical (unpaired) electrons. The van der Waals surface area contributed by atoms with Crippen molar-refractivity contribution >= 4 is 34.0 Å². The maximum Gasteiger partial charge on any atom is 0.181 e. The van der Waals surface area contributed by atoms with Gasteiger partial charge in [-0.05, 0) is 24.3 Å². The van der Waals surface area contributed by atoms with Gasteiger partial charge in [-0.2, -0.15) is 0 Å². The van der Waals surface area contributed by atoms with Crippen LogP contribution in [0.3, 0.4) is 0 Å². The highest BCUT2D eigenvalue weighted by Gasteiger charge is 2.15. The van der Waals surface area contributed by atoms with Gasteiger partial charge in [0.15, 0.2) is 16.9 Å². The van der Waals surface area contributed by atoms with Crippen LogP contribution >= 0.6 is 11.6 Å². The molecule has 8 nitrogen and oxygen atoms in total. The number of anilines is 2. The van der Waals surface area contributed by atoms with E-state index in [9.17, 15) is 4.79 Å². The highest BCUT2D eigenvalue weighted by Crippen LogP contribution is 2.35. The fourth-order valence-electron chi connectivity index (χ4n) is 3.30. The minimum absolute atomic E-state index is 0.0930. The van der Waals surface area contributed by atoms with Crippen molar-refractivity contribution in [3.63, 3.8) is 0 Å². The average Bonchev–Trinajstić information content (AvgIpc) is 2.88. The van der Waals surface area contributed by atoms with Gasteiger partial charge in [0, 0.05) is 54.3 Å². The van der Waals surface area contributed by atoms with E-state index < -0.39 is 5.50 Å². The van der Waals surface area contributed by atoms with Crippen molar-refractivity contribution in [3.8, 4) is 23.8 Å². The van der Waals surface area contributed by atoms with Gasteiger partial charge in [-0.1, -0.05) is 23.6 Å². The maximum absolute atomic E-state index is 11.4. The van der Waals surface area contributed by atoms with E-state index in [-0.39, 0.29) is 12.0 Å². The van der Waals surface area contributed by atoms with E-state index >= 15 is 0 Å². The quantitative estimate of drug-likeness (QED) is 0.201. The Morgan fingerprint density at radius 1 is 1.09 bits per heavy atom. The Morgan fingerprint density at radius 2 is 1.89 bits per heavy atom. The Morgan fingerprint density at radius 3 is 2.66 bits per heavy atom. The van der Waals surface area contributed by atoms with Gasteiger partial charge in [-0.15, -0.1) is 6.42 Å². The summed E-state index contributed by atoms with van der Waals surface area (Å²) < 4.78 is 18.7. The Balaban J connectivity index is 1.63. The first kappa shape index (κ1) is 24.1. The van der Waals surface area contributed by atoms with Gasteiger partial charge in [0.1, 0.15) is 30.9 Å². The molecule has 0 aliphatic rings. The lowest BCUT2D eigenvalue weighted by atomic mass is 10.2. The first-order chi connectivity index (χ1) is 17.1. The summed E-state index contributed by atoms with van der Waals surface area (Å²) in [5, 5.41) is 4.03. The van der Waals surface area contributed by atoms with Crippen LogP contribution in [0.4, 0.5) is 11.5 Å². The van der Waals surface area contributed by atoms with Crippen molar-refractivity contribution in [2.24, 2.45) is 0 Å². The van der Waals surface area contributed by atoms with Gasteiger partial charge in [0.05, 0.1) is 12.1 Å². The molecule has 0 spiro atoms. The molecular weight excluding hydrogens is 468 g/mol. The Hall–Kier alpha value is -4.06. The number of methoxy groups -OCH3 is 1. The van der Waals surface area contributed by atoms with Crippen LogP contribution in [0.5, 0.6) is 11.5 Å². The summed E-state index contributed by atoms with van der Waals surface area (Å²) >= 11 is 6.47. The number of rotatable bonds is 10. The van der Waals surface area contributed by atoms with E-state index in [1.807, 2.05) is 30.3 Å². The van der Waals surface area contributed by atoms with Crippen LogP contribution in [0.25, 0.3) is 10.9 Å². The number of ether oxygens (including phenoxy) is 3. The molecule has 178 valence electrons. The standard InChI is InChI=1S/C26H23ClN4O4/c1-3-18-5-4-6-19(13-18)30-26-21-14-23(34-12-11-33-2)24(15-22(21)28-17-29-26)35-16-25(27)31-9-7-20(32)8-10-31/h1,4-10,13-15,17,25H,11-12,16H2,2H3,(H,28,29,30). The molecule has 4 aromatic rings. The lowest BCUT2D eigenvalue weighted by Gasteiger charge is -2.18. The summed E-state index contributed by atoms with van der Waals surface area (Å²) in [7, 11) is 1.60. The molecule has 9 heteroatoms. The van der Waals surface area contributed by atoms with Crippen molar-refractivity contribution in [2.75, 3.05) is 32.2 Å². The lowest BCUT2D eigenvalue weighted by Crippen LogP contribution is -2.14. The second kappa shape index (κ2) is 11.4. The minimum atomic E-state index is -0.538. The van der Waals surface area contributed by atoms with E-state index in [0.717, 1.165) is 16.6 Å². The molecule has 1 atom stereocenters. The van der Waals surface area contributed by atoms with Crippen LogP contribution in [-0.4, -0.2) is 41.5 Å². The van der Waals surface area contributed by atoms with E-state index in [4.69, 9.17) is 32.2 Å². The number of terminal acetylenes is 1. The minimum Gasteiger partial charge on any atom is -0.487 e. The molecule has 0 aliphatic carbocycles. The number of benzene rings is 2. The number of nitrogens with zero attached hydrogens (tertiary/aromatic N) is 3. The van der Waals surface area contributed by atoms with Crippen molar-refractivity contribution in [1.82, 2.24) is 14.5 Å². The van der Waals surface area contributed by atoms with Crippen LogP contribution in [0, 0.1) is 12.3 Å². The Kier molecular flexibility index (Phi) is 7.83. The summed E-state index contributed by atoms with van der Waals surface area (Å²) in [6.07, 6.45) is 10.2. The first-order valence-corrected chi connectivity index (χ1v) is 11.2. The van der Waals surface area contributed by atoms with Gasteiger partial charge >= 0.3 is 0 Å². The van der Waals surface area contributed by atoms with Crippen molar-refractivity contribution in [1.29, 1.82) is 0 Å².